The van der Waals surface area contributed by atoms with Crippen LogP contribution in [0, 0.1) is 0 Å². The molecule has 0 bridgehead atoms. The Bertz CT molecular complexity index is 556. The quantitative estimate of drug-likeness (QED) is 0.702. The van der Waals surface area contributed by atoms with E-state index in [1.807, 2.05) is 18.2 Å². The lowest BCUT2D eigenvalue weighted by Crippen LogP contribution is -2.22. The van der Waals surface area contributed by atoms with Gasteiger partial charge in [-0.15, -0.1) is 11.3 Å². The van der Waals surface area contributed by atoms with Gasteiger partial charge in [-0.3, -0.25) is 0 Å². The van der Waals surface area contributed by atoms with Crippen molar-refractivity contribution in [2.24, 2.45) is 0 Å². The van der Waals surface area contributed by atoms with Crippen LogP contribution < -0.4 is 5.32 Å². The molecule has 1 heterocycles. The molecule has 0 saturated carbocycles. The van der Waals surface area contributed by atoms with Crippen molar-refractivity contribution in [1.29, 1.82) is 0 Å². The SMILES string of the molecule is CCNC(Cc1cc(Cl)ccc1Cl)c1sccc1Br. The Hall–Kier alpha value is -0.0600. The minimum absolute atomic E-state index is 0.246. The van der Waals surface area contributed by atoms with Crippen LogP contribution >= 0.6 is 50.5 Å². The van der Waals surface area contributed by atoms with Crippen LogP contribution in [-0.4, -0.2) is 6.54 Å². The summed E-state index contributed by atoms with van der Waals surface area (Å²) < 4.78 is 1.14. The van der Waals surface area contributed by atoms with Gasteiger partial charge in [-0.2, -0.15) is 0 Å². The number of likely N-dealkylation sites (N-methyl/N-ethyl adjacent to an activating group) is 1. The first-order valence-electron chi connectivity index (χ1n) is 6.02. The molecule has 2 aromatic rings. The average molecular weight is 379 g/mol. The first-order valence-corrected chi connectivity index (χ1v) is 8.45. The van der Waals surface area contributed by atoms with E-state index in [1.165, 1.54) is 4.88 Å². The summed E-state index contributed by atoms with van der Waals surface area (Å²) >= 11 is 17.6. The Morgan fingerprint density at radius 2 is 2.11 bits per heavy atom. The number of rotatable bonds is 5. The zero-order chi connectivity index (χ0) is 13.8. The maximum Gasteiger partial charge on any atom is 0.0467 e. The van der Waals surface area contributed by atoms with Gasteiger partial charge in [0, 0.05) is 25.4 Å². The van der Waals surface area contributed by atoms with Gasteiger partial charge in [0.05, 0.1) is 0 Å². The summed E-state index contributed by atoms with van der Waals surface area (Å²) in [6.07, 6.45) is 0.826. The summed E-state index contributed by atoms with van der Waals surface area (Å²) in [7, 11) is 0. The van der Waals surface area contributed by atoms with E-state index in [1.54, 1.807) is 11.3 Å². The van der Waals surface area contributed by atoms with Gasteiger partial charge < -0.3 is 5.32 Å². The lowest BCUT2D eigenvalue weighted by atomic mass is 10.0. The van der Waals surface area contributed by atoms with Crippen molar-refractivity contribution in [2.45, 2.75) is 19.4 Å². The second-order valence-corrected chi connectivity index (χ2v) is 6.83. The highest BCUT2D eigenvalue weighted by molar-refractivity contribution is 9.10. The molecule has 1 atom stereocenters. The van der Waals surface area contributed by atoms with Crippen LogP contribution in [0.3, 0.4) is 0 Å². The average Bonchev–Trinajstić information content (AvgIpc) is 2.79. The van der Waals surface area contributed by atoms with Crippen molar-refractivity contribution in [1.82, 2.24) is 5.32 Å². The number of halogens is 3. The van der Waals surface area contributed by atoms with Crippen molar-refractivity contribution in [3.05, 3.63) is 54.6 Å². The van der Waals surface area contributed by atoms with Crippen molar-refractivity contribution >= 4 is 50.5 Å². The van der Waals surface area contributed by atoms with Gasteiger partial charge in [0.1, 0.15) is 0 Å². The summed E-state index contributed by atoms with van der Waals surface area (Å²) in [4.78, 5) is 1.29. The number of hydrogen-bond donors (Lipinski definition) is 1. The fraction of sp³-hybridized carbons (Fsp3) is 0.286. The van der Waals surface area contributed by atoms with Crippen LogP contribution in [0.25, 0.3) is 0 Å². The molecule has 0 spiro atoms. The third-order valence-electron chi connectivity index (χ3n) is 2.84. The molecule has 5 heteroatoms. The van der Waals surface area contributed by atoms with Crippen molar-refractivity contribution in [2.75, 3.05) is 6.54 Å². The molecule has 1 N–H and O–H groups in total. The van der Waals surface area contributed by atoms with Gasteiger partial charge in [0.15, 0.2) is 0 Å². The number of thiophene rings is 1. The lowest BCUT2D eigenvalue weighted by Gasteiger charge is -2.18. The highest BCUT2D eigenvalue weighted by Crippen LogP contribution is 2.33. The van der Waals surface area contributed by atoms with E-state index < -0.39 is 0 Å². The van der Waals surface area contributed by atoms with Gasteiger partial charge in [-0.1, -0.05) is 30.1 Å². The van der Waals surface area contributed by atoms with Crippen LogP contribution in [0.4, 0.5) is 0 Å². The topological polar surface area (TPSA) is 12.0 Å². The minimum atomic E-state index is 0.246. The summed E-state index contributed by atoms with van der Waals surface area (Å²) in [5, 5.41) is 7.07. The van der Waals surface area contributed by atoms with Gasteiger partial charge in [-0.05, 0) is 64.1 Å². The fourth-order valence-corrected chi connectivity index (χ4v) is 4.09. The molecule has 1 nitrogen and oxygen atoms in total. The van der Waals surface area contributed by atoms with Crippen LogP contribution in [-0.2, 0) is 6.42 Å². The predicted octanol–water partition coefficient (Wildman–Crippen LogP) is 5.71. The zero-order valence-corrected chi connectivity index (χ0v) is 14.3. The molecule has 1 aromatic carbocycles. The third kappa shape index (κ3) is 3.96. The maximum atomic E-state index is 6.25. The number of nitrogens with one attached hydrogen (secondary N) is 1. The molecule has 1 aromatic heterocycles. The van der Waals surface area contributed by atoms with Crippen LogP contribution in [0.15, 0.2) is 34.1 Å². The van der Waals surface area contributed by atoms with Gasteiger partial charge >= 0.3 is 0 Å². The summed E-state index contributed by atoms with van der Waals surface area (Å²) in [6.45, 7) is 3.02. The Morgan fingerprint density at radius 1 is 1.32 bits per heavy atom. The van der Waals surface area contributed by atoms with E-state index >= 15 is 0 Å². The first kappa shape index (κ1) is 15.3. The van der Waals surface area contributed by atoms with Crippen LogP contribution in [0.5, 0.6) is 0 Å². The molecule has 0 amide bonds. The first-order chi connectivity index (χ1) is 9.11. The molecule has 0 aliphatic rings. The fourth-order valence-electron chi connectivity index (χ4n) is 1.98. The van der Waals surface area contributed by atoms with Gasteiger partial charge in [-0.25, -0.2) is 0 Å². The Kier molecular flexibility index (Phi) is 5.72. The van der Waals surface area contributed by atoms with E-state index in [0.717, 1.165) is 33.0 Å². The highest BCUT2D eigenvalue weighted by Gasteiger charge is 2.17. The Balaban J connectivity index is 2.26. The standard InChI is InChI=1S/C14H14BrCl2NS/c1-2-18-13(14-11(15)5-6-19-14)8-9-7-10(16)3-4-12(9)17/h3-7,13,18H,2,8H2,1H3. The number of benzene rings is 1. The molecule has 102 valence electrons. The van der Waals surface area contributed by atoms with Crippen molar-refractivity contribution in [3.63, 3.8) is 0 Å². The monoisotopic (exact) mass is 377 g/mol. The predicted molar refractivity (Wildman–Crippen MR) is 88.6 cm³/mol. The Labute approximate surface area is 136 Å². The molecule has 1 unspecified atom stereocenters. The molecule has 0 saturated heterocycles. The van der Waals surface area contributed by atoms with Crippen LogP contribution in [0.2, 0.25) is 10.0 Å². The highest BCUT2D eigenvalue weighted by atomic mass is 79.9. The van der Waals surface area contributed by atoms with Gasteiger partial charge in [0.25, 0.3) is 0 Å². The smallest absolute Gasteiger partial charge is 0.0467 e. The third-order valence-corrected chi connectivity index (χ3v) is 5.43. The summed E-state index contributed by atoms with van der Waals surface area (Å²) in [5.74, 6) is 0. The maximum absolute atomic E-state index is 6.25. The normalized spacial score (nSPS) is 12.6. The molecule has 2 rings (SSSR count). The molecular weight excluding hydrogens is 365 g/mol. The van der Waals surface area contributed by atoms with E-state index in [9.17, 15) is 0 Å². The molecule has 0 aliphatic heterocycles. The van der Waals surface area contributed by atoms with E-state index in [2.05, 4.69) is 39.6 Å². The second-order valence-electron chi connectivity index (χ2n) is 4.18. The van der Waals surface area contributed by atoms with E-state index in [-0.39, 0.29) is 6.04 Å². The van der Waals surface area contributed by atoms with Crippen molar-refractivity contribution < 1.29 is 0 Å². The van der Waals surface area contributed by atoms with Crippen LogP contribution in [0.1, 0.15) is 23.4 Å². The number of hydrogen-bond acceptors (Lipinski definition) is 2. The molecular formula is C14H14BrCl2NS. The molecule has 0 aliphatic carbocycles. The lowest BCUT2D eigenvalue weighted by molar-refractivity contribution is 0.556. The zero-order valence-electron chi connectivity index (χ0n) is 10.4. The Morgan fingerprint density at radius 3 is 2.74 bits per heavy atom. The van der Waals surface area contributed by atoms with Crippen molar-refractivity contribution in [3.8, 4) is 0 Å². The van der Waals surface area contributed by atoms with Gasteiger partial charge in [0.2, 0.25) is 0 Å². The molecule has 0 fully saturated rings. The molecule has 19 heavy (non-hydrogen) atoms. The summed E-state index contributed by atoms with van der Waals surface area (Å²) in [5.41, 5.74) is 1.07. The largest absolute Gasteiger partial charge is 0.309 e. The van der Waals surface area contributed by atoms with E-state index in [4.69, 9.17) is 23.2 Å². The summed E-state index contributed by atoms with van der Waals surface area (Å²) in [6, 6.07) is 7.93. The van der Waals surface area contributed by atoms with E-state index in [0.29, 0.717) is 0 Å². The molecule has 0 radical (unpaired) electrons. The minimum Gasteiger partial charge on any atom is -0.309 e. The second kappa shape index (κ2) is 7.09.